The topological polar surface area (TPSA) is 94.6 Å². The SMILES string of the molecule is COc1ccc(Nc2ccc(C(=O)Nc3ccc4c(c3)OCO4)nn2)cc1. The number of anilines is 3. The van der Waals surface area contributed by atoms with Crippen LogP contribution >= 0.6 is 0 Å². The molecule has 1 amide bonds. The van der Waals surface area contributed by atoms with Crippen LogP contribution in [-0.2, 0) is 0 Å². The van der Waals surface area contributed by atoms with Crippen molar-refractivity contribution >= 4 is 23.1 Å². The molecule has 1 aromatic heterocycles. The van der Waals surface area contributed by atoms with Gasteiger partial charge >= 0.3 is 0 Å². The van der Waals surface area contributed by atoms with Gasteiger partial charge in [-0.15, -0.1) is 10.2 Å². The van der Waals surface area contributed by atoms with Crippen molar-refractivity contribution in [1.82, 2.24) is 10.2 Å². The molecule has 2 heterocycles. The molecule has 0 radical (unpaired) electrons. The first-order chi connectivity index (χ1) is 13.2. The number of carbonyl (C=O) groups is 1. The normalized spacial score (nSPS) is 11.7. The molecule has 0 atom stereocenters. The maximum atomic E-state index is 12.3. The van der Waals surface area contributed by atoms with Crippen LogP contribution in [0, 0.1) is 0 Å². The Hall–Kier alpha value is -3.81. The van der Waals surface area contributed by atoms with Crippen LogP contribution in [0.5, 0.6) is 17.2 Å². The number of nitrogens with one attached hydrogen (secondary N) is 2. The molecule has 27 heavy (non-hydrogen) atoms. The number of aromatic nitrogens is 2. The molecule has 2 N–H and O–H groups in total. The van der Waals surface area contributed by atoms with Crippen molar-refractivity contribution in [1.29, 1.82) is 0 Å². The van der Waals surface area contributed by atoms with Gasteiger partial charge in [-0.2, -0.15) is 0 Å². The first-order valence-corrected chi connectivity index (χ1v) is 8.17. The highest BCUT2D eigenvalue weighted by Gasteiger charge is 2.15. The summed E-state index contributed by atoms with van der Waals surface area (Å²) in [6.07, 6.45) is 0. The number of methoxy groups -OCH3 is 1. The molecule has 0 fully saturated rings. The van der Waals surface area contributed by atoms with Crippen molar-refractivity contribution in [2.24, 2.45) is 0 Å². The second-order valence-corrected chi connectivity index (χ2v) is 5.68. The number of nitrogens with zero attached hydrogens (tertiary/aromatic N) is 2. The van der Waals surface area contributed by atoms with Gasteiger partial charge < -0.3 is 24.8 Å². The minimum Gasteiger partial charge on any atom is -0.497 e. The Morgan fingerprint density at radius 1 is 0.963 bits per heavy atom. The fourth-order valence-electron chi connectivity index (χ4n) is 2.51. The molecule has 0 saturated heterocycles. The van der Waals surface area contributed by atoms with E-state index >= 15 is 0 Å². The van der Waals surface area contributed by atoms with Gasteiger partial charge in [0.05, 0.1) is 7.11 Å². The van der Waals surface area contributed by atoms with E-state index < -0.39 is 0 Å². The van der Waals surface area contributed by atoms with Crippen LogP contribution in [0.4, 0.5) is 17.2 Å². The lowest BCUT2D eigenvalue weighted by Crippen LogP contribution is -2.14. The largest absolute Gasteiger partial charge is 0.497 e. The van der Waals surface area contributed by atoms with Crippen LogP contribution in [0.15, 0.2) is 54.6 Å². The molecule has 1 aliphatic rings. The number of benzene rings is 2. The van der Waals surface area contributed by atoms with Gasteiger partial charge in [0.15, 0.2) is 23.0 Å². The van der Waals surface area contributed by atoms with E-state index in [4.69, 9.17) is 14.2 Å². The number of amides is 1. The van der Waals surface area contributed by atoms with E-state index in [1.165, 1.54) is 0 Å². The predicted molar refractivity (Wildman–Crippen MR) is 98.8 cm³/mol. The molecule has 0 aliphatic carbocycles. The van der Waals surface area contributed by atoms with E-state index in [2.05, 4.69) is 20.8 Å². The summed E-state index contributed by atoms with van der Waals surface area (Å²) in [7, 11) is 1.61. The van der Waals surface area contributed by atoms with E-state index in [-0.39, 0.29) is 18.4 Å². The fraction of sp³-hybridized carbons (Fsp3) is 0.105. The van der Waals surface area contributed by atoms with Crippen molar-refractivity contribution in [2.75, 3.05) is 24.5 Å². The summed E-state index contributed by atoms with van der Waals surface area (Å²) < 4.78 is 15.7. The van der Waals surface area contributed by atoms with Gasteiger partial charge in [0.1, 0.15) is 5.75 Å². The highest BCUT2D eigenvalue weighted by molar-refractivity contribution is 6.03. The van der Waals surface area contributed by atoms with Gasteiger partial charge in [-0.05, 0) is 48.5 Å². The Balaban J connectivity index is 1.41. The molecule has 3 aromatic rings. The Kier molecular flexibility index (Phi) is 4.44. The van der Waals surface area contributed by atoms with Gasteiger partial charge in [-0.1, -0.05) is 0 Å². The van der Waals surface area contributed by atoms with Crippen molar-refractivity contribution in [2.45, 2.75) is 0 Å². The molecule has 0 unspecified atom stereocenters. The summed E-state index contributed by atoms with van der Waals surface area (Å²) in [4.78, 5) is 12.3. The van der Waals surface area contributed by atoms with Crippen LogP contribution < -0.4 is 24.8 Å². The first-order valence-electron chi connectivity index (χ1n) is 8.17. The van der Waals surface area contributed by atoms with Crippen molar-refractivity contribution < 1.29 is 19.0 Å². The third kappa shape index (κ3) is 3.74. The Labute approximate surface area is 155 Å². The molecule has 1 aliphatic heterocycles. The summed E-state index contributed by atoms with van der Waals surface area (Å²) in [5.74, 6) is 2.18. The van der Waals surface area contributed by atoms with Crippen LogP contribution in [-0.4, -0.2) is 30.0 Å². The Bertz CT molecular complexity index is 958. The molecule has 136 valence electrons. The van der Waals surface area contributed by atoms with Crippen LogP contribution in [0.25, 0.3) is 0 Å². The molecule has 2 aromatic carbocycles. The molecule has 0 bridgehead atoms. The number of fused-ring (bicyclic) bond motifs is 1. The fourth-order valence-corrected chi connectivity index (χ4v) is 2.51. The minimum atomic E-state index is -0.364. The van der Waals surface area contributed by atoms with E-state index in [0.29, 0.717) is 23.0 Å². The van der Waals surface area contributed by atoms with Gasteiger partial charge in [0.2, 0.25) is 6.79 Å². The quantitative estimate of drug-likeness (QED) is 0.718. The molecular weight excluding hydrogens is 348 g/mol. The Morgan fingerprint density at radius 3 is 2.48 bits per heavy atom. The summed E-state index contributed by atoms with van der Waals surface area (Å²) >= 11 is 0. The zero-order valence-corrected chi connectivity index (χ0v) is 14.4. The van der Waals surface area contributed by atoms with Crippen molar-refractivity contribution in [3.05, 3.63) is 60.3 Å². The Morgan fingerprint density at radius 2 is 1.74 bits per heavy atom. The summed E-state index contributed by atoms with van der Waals surface area (Å²) in [5.41, 5.74) is 1.63. The van der Waals surface area contributed by atoms with Crippen LogP contribution in [0.3, 0.4) is 0 Å². The van der Waals surface area contributed by atoms with E-state index in [0.717, 1.165) is 11.4 Å². The highest BCUT2D eigenvalue weighted by atomic mass is 16.7. The summed E-state index contributed by atoms with van der Waals surface area (Å²) in [6.45, 7) is 0.181. The van der Waals surface area contributed by atoms with Gasteiger partial charge in [-0.3, -0.25) is 4.79 Å². The lowest BCUT2D eigenvalue weighted by Gasteiger charge is -2.07. The van der Waals surface area contributed by atoms with Gasteiger partial charge in [0, 0.05) is 17.4 Å². The second-order valence-electron chi connectivity index (χ2n) is 5.68. The molecule has 4 rings (SSSR count). The average Bonchev–Trinajstić information content (AvgIpc) is 3.17. The molecule has 8 heteroatoms. The lowest BCUT2D eigenvalue weighted by molar-refractivity contribution is 0.102. The number of hydrogen-bond donors (Lipinski definition) is 2. The smallest absolute Gasteiger partial charge is 0.276 e. The number of rotatable bonds is 5. The molecule has 0 spiro atoms. The van der Waals surface area contributed by atoms with Crippen LogP contribution in [0.1, 0.15) is 10.5 Å². The average molecular weight is 364 g/mol. The standard InChI is InChI=1S/C19H16N4O4/c1-25-14-5-2-12(3-6-14)20-18-9-7-15(22-23-18)19(24)21-13-4-8-16-17(10-13)27-11-26-16/h2-10H,11H2,1H3,(H,20,23)(H,21,24). The molecular formula is C19H16N4O4. The van der Waals surface area contributed by atoms with E-state index in [9.17, 15) is 4.79 Å². The first kappa shape index (κ1) is 16.6. The molecule has 8 nitrogen and oxygen atoms in total. The van der Waals surface area contributed by atoms with Crippen molar-refractivity contribution in [3.8, 4) is 17.2 Å². The number of carbonyl (C=O) groups excluding carboxylic acids is 1. The minimum absolute atomic E-state index is 0.181. The van der Waals surface area contributed by atoms with Gasteiger partial charge in [-0.25, -0.2) is 0 Å². The third-order valence-electron chi connectivity index (χ3n) is 3.89. The molecule has 0 saturated carbocycles. The second kappa shape index (κ2) is 7.20. The zero-order valence-electron chi connectivity index (χ0n) is 14.4. The number of ether oxygens (including phenoxy) is 3. The highest BCUT2D eigenvalue weighted by Crippen LogP contribution is 2.34. The van der Waals surface area contributed by atoms with E-state index in [1.54, 1.807) is 37.4 Å². The maximum absolute atomic E-state index is 12.3. The number of hydrogen-bond acceptors (Lipinski definition) is 7. The van der Waals surface area contributed by atoms with Crippen LogP contribution in [0.2, 0.25) is 0 Å². The monoisotopic (exact) mass is 364 g/mol. The van der Waals surface area contributed by atoms with E-state index in [1.807, 2.05) is 24.3 Å². The summed E-state index contributed by atoms with van der Waals surface area (Å²) in [5, 5.41) is 13.9. The van der Waals surface area contributed by atoms with Gasteiger partial charge in [0.25, 0.3) is 5.91 Å². The third-order valence-corrected chi connectivity index (χ3v) is 3.89. The predicted octanol–water partition coefficient (Wildman–Crippen LogP) is 3.21. The summed E-state index contributed by atoms with van der Waals surface area (Å²) in [6, 6.07) is 15.9. The lowest BCUT2D eigenvalue weighted by atomic mass is 10.2. The van der Waals surface area contributed by atoms with Crippen molar-refractivity contribution in [3.63, 3.8) is 0 Å². The maximum Gasteiger partial charge on any atom is 0.276 e. The zero-order chi connectivity index (χ0) is 18.6.